The molecule has 4 N–H and O–H groups in total. The minimum absolute atomic E-state index is 0.0147. The van der Waals surface area contributed by atoms with Crippen LogP contribution in [-0.2, 0) is 11.3 Å². The van der Waals surface area contributed by atoms with Gasteiger partial charge in [-0.3, -0.25) is 4.79 Å². The third-order valence-electron chi connectivity index (χ3n) is 1.65. The second-order valence-electron chi connectivity index (χ2n) is 2.68. The molecule has 4 nitrogen and oxygen atoms in total. The summed E-state index contributed by atoms with van der Waals surface area (Å²) in [5.74, 6) is -0.807. The zero-order valence-corrected chi connectivity index (χ0v) is 7.50. The molecule has 0 aliphatic carbocycles. The van der Waals surface area contributed by atoms with E-state index in [1.807, 2.05) is 0 Å². The Morgan fingerprint density at radius 1 is 1.50 bits per heavy atom. The van der Waals surface area contributed by atoms with Crippen molar-refractivity contribution in [3.63, 3.8) is 0 Å². The standard InChI is InChI=1S/C9H11FN2O2/c10-7-2-1-3-8(6(7)4-11)14-5-9(12)13/h1-3H,4-5,11H2,(H2,12,13). The lowest BCUT2D eigenvalue weighted by atomic mass is 10.2. The summed E-state index contributed by atoms with van der Waals surface area (Å²) in [6, 6.07) is 4.29. The molecule has 0 spiro atoms. The number of nitrogens with two attached hydrogens (primary N) is 2. The largest absolute Gasteiger partial charge is 0.483 e. The number of amides is 1. The molecular formula is C9H11FN2O2. The fraction of sp³-hybridized carbons (Fsp3) is 0.222. The molecule has 0 aromatic heterocycles. The number of primary amides is 1. The first-order chi connectivity index (χ1) is 6.65. The molecule has 1 aromatic carbocycles. The monoisotopic (exact) mass is 198 g/mol. The van der Waals surface area contributed by atoms with Gasteiger partial charge >= 0.3 is 0 Å². The highest BCUT2D eigenvalue weighted by atomic mass is 19.1. The van der Waals surface area contributed by atoms with Gasteiger partial charge in [-0.1, -0.05) is 6.07 Å². The number of benzene rings is 1. The first kappa shape index (κ1) is 10.5. The lowest BCUT2D eigenvalue weighted by Crippen LogP contribution is -2.20. The van der Waals surface area contributed by atoms with Crippen molar-refractivity contribution in [1.82, 2.24) is 0 Å². The Balaban J connectivity index is 2.85. The van der Waals surface area contributed by atoms with Crippen LogP contribution in [0.4, 0.5) is 4.39 Å². The molecule has 0 radical (unpaired) electrons. The number of rotatable bonds is 4. The van der Waals surface area contributed by atoms with Crippen molar-refractivity contribution in [3.8, 4) is 5.75 Å². The molecule has 0 fully saturated rings. The smallest absolute Gasteiger partial charge is 0.255 e. The Labute approximate surface area is 80.6 Å². The van der Waals surface area contributed by atoms with Crippen molar-refractivity contribution < 1.29 is 13.9 Å². The number of carbonyl (C=O) groups excluding carboxylic acids is 1. The van der Waals surface area contributed by atoms with Crippen LogP contribution in [0.5, 0.6) is 5.75 Å². The Morgan fingerprint density at radius 2 is 2.21 bits per heavy atom. The summed E-state index contributed by atoms with van der Waals surface area (Å²) in [6.07, 6.45) is 0. The number of halogens is 1. The van der Waals surface area contributed by atoms with Gasteiger partial charge in [0.25, 0.3) is 5.91 Å². The van der Waals surface area contributed by atoms with Crippen LogP contribution in [0.3, 0.4) is 0 Å². The summed E-state index contributed by atoms with van der Waals surface area (Å²) in [5.41, 5.74) is 10.4. The van der Waals surface area contributed by atoms with Gasteiger partial charge in [0.2, 0.25) is 0 Å². The zero-order chi connectivity index (χ0) is 10.6. The predicted molar refractivity (Wildman–Crippen MR) is 49.0 cm³/mol. The summed E-state index contributed by atoms with van der Waals surface area (Å²) < 4.78 is 18.1. The molecule has 1 amide bonds. The van der Waals surface area contributed by atoms with E-state index in [0.717, 1.165) is 0 Å². The van der Waals surface area contributed by atoms with E-state index in [9.17, 15) is 9.18 Å². The molecule has 0 saturated heterocycles. The van der Waals surface area contributed by atoms with Crippen molar-refractivity contribution in [3.05, 3.63) is 29.6 Å². The Morgan fingerprint density at radius 3 is 2.79 bits per heavy atom. The fourth-order valence-corrected chi connectivity index (χ4v) is 1.02. The van der Waals surface area contributed by atoms with Gasteiger partial charge < -0.3 is 16.2 Å². The molecule has 1 aromatic rings. The second-order valence-corrected chi connectivity index (χ2v) is 2.68. The maximum absolute atomic E-state index is 13.1. The van der Waals surface area contributed by atoms with Crippen LogP contribution in [0.1, 0.15) is 5.56 Å². The van der Waals surface area contributed by atoms with E-state index < -0.39 is 11.7 Å². The maximum Gasteiger partial charge on any atom is 0.255 e. The molecule has 5 heteroatoms. The van der Waals surface area contributed by atoms with Crippen molar-refractivity contribution in [2.75, 3.05) is 6.61 Å². The average Bonchev–Trinajstić information content (AvgIpc) is 2.14. The van der Waals surface area contributed by atoms with Crippen LogP contribution in [0.2, 0.25) is 0 Å². The number of carbonyl (C=O) groups is 1. The highest BCUT2D eigenvalue weighted by Gasteiger charge is 2.08. The summed E-state index contributed by atoms with van der Waals surface area (Å²) in [6.45, 7) is -0.267. The summed E-state index contributed by atoms with van der Waals surface area (Å²) in [5, 5.41) is 0. The van der Waals surface area contributed by atoms with E-state index in [2.05, 4.69) is 0 Å². The van der Waals surface area contributed by atoms with Gasteiger partial charge in [0, 0.05) is 12.1 Å². The van der Waals surface area contributed by atoms with E-state index in [0.29, 0.717) is 0 Å². The van der Waals surface area contributed by atoms with E-state index in [-0.39, 0.29) is 24.5 Å². The molecule has 1 rings (SSSR count). The van der Waals surface area contributed by atoms with Crippen molar-refractivity contribution in [1.29, 1.82) is 0 Å². The first-order valence-corrected chi connectivity index (χ1v) is 4.03. The minimum Gasteiger partial charge on any atom is -0.483 e. The van der Waals surface area contributed by atoms with E-state index in [4.69, 9.17) is 16.2 Å². The fourth-order valence-electron chi connectivity index (χ4n) is 1.02. The van der Waals surface area contributed by atoms with Gasteiger partial charge in [-0.2, -0.15) is 0 Å². The summed E-state index contributed by atoms with van der Waals surface area (Å²) in [7, 11) is 0. The number of hydrogen-bond acceptors (Lipinski definition) is 3. The number of ether oxygens (including phenoxy) is 1. The Kier molecular flexibility index (Phi) is 3.41. The average molecular weight is 198 g/mol. The van der Waals surface area contributed by atoms with Gasteiger partial charge in [0.15, 0.2) is 6.61 Å². The highest BCUT2D eigenvalue weighted by Crippen LogP contribution is 2.20. The summed E-state index contributed by atoms with van der Waals surface area (Å²) >= 11 is 0. The van der Waals surface area contributed by atoms with Crippen LogP contribution in [0.25, 0.3) is 0 Å². The summed E-state index contributed by atoms with van der Waals surface area (Å²) in [4.78, 5) is 10.4. The molecule has 76 valence electrons. The Hall–Kier alpha value is -1.62. The van der Waals surface area contributed by atoms with Crippen LogP contribution >= 0.6 is 0 Å². The van der Waals surface area contributed by atoms with Gasteiger partial charge in [-0.05, 0) is 12.1 Å². The van der Waals surface area contributed by atoms with Crippen LogP contribution in [0, 0.1) is 5.82 Å². The van der Waals surface area contributed by atoms with Gasteiger partial charge in [-0.15, -0.1) is 0 Å². The van der Waals surface area contributed by atoms with Crippen LogP contribution < -0.4 is 16.2 Å². The van der Waals surface area contributed by atoms with Crippen LogP contribution in [0.15, 0.2) is 18.2 Å². The third kappa shape index (κ3) is 2.43. The van der Waals surface area contributed by atoms with E-state index in [1.165, 1.54) is 18.2 Å². The molecule has 14 heavy (non-hydrogen) atoms. The molecule has 0 heterocycles. The molecule has 0 bridgehead atoms. The minimum atomic E-state index is -0.614. The highest BCUT2D eigenvalue weighted by molar-refractivity contribution is 5.75. The SMILES string of the molecule is NCc1c(F)cccc1OCC(N)=O. The van der Waals surface area contributed by atoms with Crippen LogP contribution in [-0.4, -0.2) is 12.5 Å². The van der Waals surface area contributed by atoms with Crippen molar-refractivity contribution in [2.45, 2.75) is 6.54 Å². The first-order valence-electron chi connectivity index (χ1n) is 4.03. The molecule has 0 saturated carbocycles. The maximum atomic E-state index is 13.1. The lowest BCUT2D eigenvalue weighted by molar-refractivity contribution is -0.119. The van der Waals surface area contributed by atoms with Crippen molar-refractivity contribution in [2.24, 2.45) is 11.5 Å². The second kappa shape index (κ2) is 4.57. The van der Waals surface area contributed by atoms with E-state index >= 15 is 0 Å². The Bertz CT molecular complexity index is 342. The zero-order valence-electron chi connectivity index (χ0n) is 7.50. The van der Waals surface area contributed by atoms with Gasteiger partial charge in [0.05, 0.1) is 0 Å². The lowest BCUT2D eigenvalue weighted by Gasteiger charge is -2.08. The van der Waals surface area contributed by atoms with Gasteiger partial charge in [0.1, 0.15) is 11.6 Å². The van der Waals surface area contributed by atoms with E-state index in [1.54, 1.807) is 0 Å². The number of hydrogen-bond donors (Lipinski definition) is 2. The molecule has 0 atom stereocenters. The van der Waals surface area contributed by atoms with Gasteiger partial charge in [-0.25, -0.2) is 4.39 Å². The normalized spacial score (nSPS) is 9.86. The van der Waals surface area contributed by atoms with Crippen molar-refractivity contribution >= 4 is 5.91 Å². The topological polar surface area (TPSA) is 78.3 Å². The third-order valence-corrected chi connectivity index (χ3v) is 1.65. The molecule has 0 unspecified atom stereocenters. The molecular weight excluding hydrogens is 187 g/mol. The quantitative estimate of drug-likeness (QED) is 0.722. The molecule has 0 aliphatic heterocycles. The molecule has 0 aliphatic rings. The predicted octanol–water partition coefficient (Wildman–Crippen LogP) is 0.148.